The van der Waals surface area contributed by atoms with E-state index < -0.39 is 0 Å². The fraction of sp³-hybridized carbons (Fsp3) is 0.533. The predicted octanol–water partition coefficient (Wildman–Crippen LogP) is 2.64. The van der Waals surface area contributed by atoms with E-state index in [0.29, 0.717) is 5.92 Å². The number of hydrogen-bond donors (Lipinski definition) is 2. The molecular weight excluding hydrogens is 238 g/mol. The van der Waals surface area contributed by atoms with Crippen molar-refractivity contribution in [3.05, 3.63) is 23.8 Å². The Labute approximate surface area is 115 Å². The normalized spacial score (nSPS) is 14.9. The van der Waals surface area contributed by atoms with E-state index in [-0.39, 0.29) is 5.91 Å². The molecule has 0 bridgehead atoms. The fourth-order valence-corrected chi connectivity index (χ4v) is 2.27. The minimum atomic E-state index is 0.0930. The molecule has 2 N–H and O–H groups in total. The SMILES string of the molecule is CCC(C)CN(C)C(=O)c1ccc2c(c1)NCCN2. The molecule has 1 aromatic carbocycles. The molecule has 1 heterocycles. The van der Waals surface area contributed by atoms with Gasteiger partial charge >= 0.3 is 0 Å². The molecule has 0 saturated carbocycles. The van der Waals surface area contributed by atoms with Crippen molar-refractivity contribution in [2.45, 2.75) is 20.3 Å². The van der Waals surface area contributed by atoms with Crippen LogP contribution in [0.3, 0.4) is 0 Å². The van der Waals surface area contributed by atoms with Crippen LogP contribution in [0.25, 0.3) is 0 Å². The third-order valence-corrected chi connectivity index (χ3v) is 3.65. The van der Waals surface area contributed by atoms with Crippen LogP contribution in [-0.4, -0.2) is 37.5 Å². The first kappa shape index (κ1) is 13.7. The van der Waals surface area contributed by atoms with Gasteiger partial charge in [0, 0.05) is 32.2 Å². The van der Waals surface area contributed by atoms with E-state index in [4.69, 9.17) is 0 Å². The van der Waals surface area contributed by atoms with Crippen LogP contribution < -0.4 is 10.6 Å². The van der Waals surface area contributed by atoms with Crippen molar-refractivity contribution in [3.63, 3.8) is 0 Å². The van der Waals surface area contributed by atoms with Crippen LogP contribution in [0.4, 0.5) is 11.4 Å². The van der Waals surface area contributed by atoms with Crippen molar-refractivity contribution >= 4 is 17.3 Å². The van der Waals surface area contributed by atoms with E-state index >= 15 is 0 Å². The first-order chi connectivity index (χ1) is 9.11. The molecule has 0 aliphatic carbocycles. The minimum Gasteiger partial charge on any atom is -0.382 e. The van der Waals surface area contributed by atoms with Gasteiger partial charge in [-0.1, -0.05) is 20.3 Å². The van der Waals surface area contributed by atoms with Gasteiger partial charge in [-0.05, 0) is 24.1 Å². The summed E-state index contributed by atoms with van der Waals surface area (Å²) in [6.45, 7) is 6.94. The molecule has 19 heavy (non-hydrogen) atoms. The molecule has 1 unspecified atom stereocenters. The van der Waals surface area contributed by atoms with E-state index in [2.05, 4.69) is 24.5 Å². The number of amides is 1. The van der Waals surface area contributed by atoms with Crippen LogP contribution in [0.5, 0.6) is 0 Å². The average Bonchev–Trinajstić information content (AvgIpc) is 2.45. The fourth-order valence-electron chi connectivity index (χ4n) is 2.27. The minimum absolute atomic E-state index is 0.0930. The first-order valence-electron chi connectivity index (χ1n) is 6.99. The monoisotopic (exact) mass is 261 g/mol. The van der Waals surface area contributed by atoms with Gasteiger partial charge in [0.1, 0.15) is 0 Å². The largest absolute Gasteiger partial charge is 0.382 e. The van der Waals surface area contributed by atoms with Gasteiger partial charge in [-0.3, -0.25) is 4.79 Å². The third kappa shape index (κ3) is 3.19. The second-order valence-electron chi connectivity index (χ2n) is 5.31. The number of benzene rings is 1. The van der Waals surface area contributed by atoms with Gasteiger partial charge < -0.3 is 15.5 Å². The summed E-state index contributed by atoms with van der Waals surface area (Å²) in [7, 11) is 1.87. The molecule has 104 valence electrons. The molecule has 0 spiro atoms. The molecule has 4 nitrogen and oxygen atoms in total. The zero-order chi connectivity index (χ0) is 13.8. The molecule has 0 fully saturated rings. The Hall–Kier alpha value is -1.71. The molecule has 1 atom stereocenters. The first-order valence-corrected chi connectivity index (χ1v) is 6.99. The summed E-state index contributed by atoms with van der Waals surface area (Å²) in [5.41, 5.74) is 2.85. The second-order valence-corrected chi connectivity index (χ2v) is 5.31. The topological polar surface area (TPSA) is 44.4 Å². The Kier molecular flexibility index (Phi) is 4.30. The number of nitrogens with one attached hydrogen (secondary N) is 2. The third-order valence-electron chi connectivity index (χ3n) is 3.65. The molecule has 1 amide bonds. The maximum Gasteiger partial charge on any atom is 0.253 e. The highest BCUT2D eigenvalue weighted by molar-refractivity contribution is 5.96. The number of carbonyl (C=O) groups is 1. The molecule has 1 aromatic rings. The summed E-state index contributed by atoms with van der Waals surface area (Å²) in [5.74, 6) is 0.627. The summed E-state index contributed by atoms with van der Waals surface area (Å²) in [5, 5.41) is 6.63. The molecule has 0 radical (unpaired) electrons. The van der Waals surface area contributed by atoms with E-state index in [9.17, 15) is 4.79 Å². The van der Waals surface area contributed by atoms with E-state index in [1.165, 1.54) is 0 Å². The van der Waals surface area contributed by atoms with Crippen molar-refractivity contribution in [2.75, 3.05) is 37.3 Å². The zero-order valence-corrected chi connectivity index (χ0v) is 12.0. The summed E-state index contributed by atoms with van der Waals surface area (Å²) < 4.78 is 0. The van der Waals surface area contributed by atoms with Gasteiger partial charge in [-0.2, -0.15) is 0 Å². The number of anilines is 2. The van der Waals surface area contributed by atoms with Crippen molar-refractivity contribution in [1.82, 2.24) is 4.90 Å². The number of fused-ring (bicyclic) bond motifs is 1. The summed E-state index contributed by atoms with van der Waals surface area (Å²) in [6.07, 6.45) is 1.09. The van der Waals surface area contributed by atoms with E-state index in [0.717, 1.165) is 43.0 Å². The highest BCUT2D eigenvalue weighted by atomic mass is 16.2. The van der Waals surface area contributed by atoms with Crippen LogP contribution in [0, 0.1) is 5.92 Å². The highest BCUT2D eigenvalue weighted by Crippen LogP contribution is 2.25. The number of rotatable bonds is 4. The molecular formula is C15H23N3O. The van der Waals surface area contributed by atoms with Crippen LogP contribution in [0.1, 0.15) is 30.6 Å². The Morgan fingerprint density at radius 1 is 1.32 bits per heavy atom. The smallest absolute Gasteiger partial charge is 0.253 e. The van der Waals surface area contributed by atoms with Crippen molar-refractivity contribution < 1.29 is 4.79 Å². The lowest BCUT2D eigenvalue weighted by molar-refractivity contribution is 0.0775. The molecule has 1 aliphatic rings. The lowest BCUT2D eigenvalue weighted by atomic mass is 10.1. The quantitative estimate of drug-likeness (QED) is 0.875. The second kappa shape index (κ2) is 5.95. The molecule has 0 aromatic heterocycles. The Morgan fingerprint density at radius 2 is 2.00 bits per heavy atom. The van der Waals surface area contributed by atoms with Crippen molar-refractivity contribution in [3.8, 4) is 0 Å². The Bertz CT molecular complexity index is 459. The van der Waals surface area contributed by atoms with Gasteiger partial charge in [0.15, 0.2) is 0 Å². The van der Waals surface area contributed by atoms with Crippen LogP contribution in [0.15, 0.2) is 18.2 Å². The zero-order valence-electron chi connectivity index (χ0n) is 12.0. The van der Waals surface area contributed by atoms with Crippen LogP contribution >= 0.6 is 0 Å². The number of nitrogens with zero attached hydrogens (tertiary/aromatic N) is 1. The summed E-state index contributed by atoms with van der Waals surface area (Å²) >= 11 is 0. The predicted molar refractivity (Wildman–Crippen MR) is 79.8 cm³/mol. The van der Waals surface area contributed by atoms with E-state index in [1.54, 1.807) is 0 Å². The van der Waals surface area contributed by atoms with Gasteiger partial charge in [-0.25, -0.2) is 0 Å². The molecule has 4 heteroatoms. The van der Waals surface area contributed by atoms with Crippen LogP contribution in [-0.2, 0) is 0 Å². The van der Waals surface area contributed by atoms with Crippen molar-refractivity contribution in [1.29, 1.82) is 0 Å². The standard InChI is InChI=1S/C15H23N3O/c1-4-11(2)10-18(3)15(19)12-5-6-13-14(9-12)17-8-7-16-13/h5-6,9,11,16-17H,4,7-8,10H2,1-3H3. The molecule has 1 aliphatic heterocycles. The number of carbonyl (C=O) groups excluding carboxylic acids is 1. The molecule has 2 rings (SSSR count). The maximum absolute atomic E-state index is 12.4. The molecule has 0 saturated heterocycles. The van der Waals surface area contributed by atoms with Gasteiger partial charge in [0.2, 0.25) is 0 Å². The summed E-state index contributed by atoms with van der Waals surface area (Å²) in [4.78, 5) is 14.2. The van der Waals surface area contributed by atoms with Crippen LogP contribution in [0.2, 0.25) is 0 Å². The van der Waals surface area contributed by atoms with Crippen molar-refractivity contribution in [2.24, 2.45) is 5.92 Å². The van der Waals surface area contributed by atoms with Gasteiger partial charge in [-0.15, -0.1) is 0 Å². The Morgan fingerprint density at radius 3 is 2.68 bits per heavy atom. The van der Waals surface area contributed by atoms with Gasteiger partial charge in [0.05, 0.1) is 11.4 Å². The lowest BCUT2D eigenvalue weighted by Gasteiger charge is -2.23. The maximum atomic E-state index is 12.4. The van der Waals surface area contributed by atoms with E-state index in [1.807, 2.05) is 30.1 Å². The number of hydrogen-bond acceptors (Lipinski definition) is 3. The lowest BCUT2D eigenvalue weighted by Crippen LogP contribution is -2.31. The highest BCUT2D eigenvalue weighted by Gasteiger charge is 2.16. The summed E-state index contributed by atoms with van der Waals surface area (Å²) in [6, 6.07) is 5.82. The Balaban J connectivity index is 2.10. The van der Waals surface area contributed by atoms with Gasteiger partial charge in [0.25, 0.3) is 5.91 Å². The average molecular weight is 261 g/mol.